The molecule has 0 aromatic rings. The summed E-state index contributed by atoms with van der Waals surface area (Å²) in [5.41, 5.74) is 3.04. The second kappa shape index (κ2) is 2.98. The van der Waals surface area contributed by atoms with E-state index in [-0.39, 0.29) is 0 Å². The largest absolute Gasteiger partial charge is 0.395 e. The lowest BCUT2D eigenvalue weighted by atomic mass is 9.85. The number of alkyl halides is 3. The minimum atomic E-state index is -4.37. The Kier molecular flexibility index (Phi) is 2.91. The summed E-state index contributed by atoms with van der Waals surface area (Å²) in [5, 5.41) is 8.41. The van der Waals surface area contributed by atoms with Crippen molar-refractivity contribution in [1.29, 1.82) is 0 Å². The standard InChI is InChI=1S/C6H12F3NO/c1-5(2,4(10)3-11)6(7,8)9/h4,11H,3,10H2,1-2H3. The van der Waals surface area contributed by atoms with Crippen LogP contribution in [-0.4, -0.2) is 23.9 Å². The van der Waals surface area contributed by atoms with E-state index >= 15 is 0 Å². The molecule has 68 valence electrons. The van der Waals surface area contributed by atoms with Crippen LogP contribution in [0.5, 0.6) is 0 Å². The zero-order chi connectivity index (χ0) is 9.28. The van der Waals surface area contributed by atoms with E-state index in [9.17, 15) is 13.2 Å². The first-order valence-corrected chi connectivity index (χ1v) is 3.16. The molecular formula is C6H12F3NO. The van der Waals surface area contributed by atoms with Gasteiger partial charge in [-0.25, -0.2) is 0 Å². The Morgan fingerprint density at radius 3 is 1.82 bits per heavy atom. The number of halogens is 3. The predicted octanol–water partition coefficient (Wildman–Crippen LogP) is 0.894. The highest BCUT2D eigenvalue weighted by Gasteiger charge is 2.50. The maximum atomic E-state index is 12.1. The van der Waals surface area contributed by atoms with Crippen molar-refractivity contribution < 1.29 is 18.3 Å². The molecule has 2 nitrogen and oxygen atoms in total. The molecule has 0 aromatic carbocycles. The van der Waals surface area contributed by atoms with Crippen LogP contribution < -0.4 is 5.73 Å². The number of aliphatic hydroxyl groups is 1. The van der Waals surface area contributed by atoms with E-state index < -0.39 is 24.2 Å². The third-order valence-corrected chi connectivity index (χ3v) is 1.85. The minimum Gasteiger partial charge on any atom is -0.395 e. The van der Waals surface area contributed by atoms with E-state index in [4.69, 9.17) is 10.8 Å². The molecule has 0 aromatic heterocycles. The van der Waals surface area contributed by atoms with Gasteiger partial charge in [0.25, 0.3) is 0 Å². The molecule has 0 aliphatic carbocycles. The maximum Gasteiger partial charge on any atom is 0.395 e. The van der Waals surface area contributed by atoms with Crippen LogP contribution in [0.2, 0.25) is 0 Å². The van der Waals surface area contributed by atoms with Gasteiger partial charge in [0.2, 0.25) is 0 Å². The van der Waals surface area contributed by atoms with Crippen LogP contribution in [0.25, 0.3) is 0 Å². The number of hydrogen-bond acceptors (Lipinski definition) is 2. The third-order valence-electron chi connectivity index (χ3n) is 1.85. The van der Waals surface area contributed by atoms with Gasteiger partial charge in [-0.15, -0.1) is 0 Å². The van der Waals surface area contributed by atoms with Gasteiger partial charge < -0.3 is 10.8 Å². The van der Waals surface area contributed by atoms with Crippen LogP contribution in [0.4, 0.5) is 13.2 Å². The third kappa shape index (κ3) is 2.07. The van der Waals surface area contributed by atoms with Gasteiger partial charge in [0.15, 0.2) is 0 Å². The lowest BCUT2D eigenvalue weighted by molar-refractivity contribution is -0.220. The van der Waals surface area contributed by atoms with E-state index in [0.717, 1.165) is 13.8 Å². The van der Waals surface area contributed by atoms with Crippen LogP contribution in [0.3, 0.4) is 0 Å². The molecule has 0 bridgehead atoms. The van der Waals surface area contributed by atoms with Gasteiger partial charge in [0.1, 0.15) is 0 Å². The van der Waals surface area contributed by atoms with E-state index in [1.54, 1.807) is 0 Å². The maximum absolute atomic E-state index is 12.1. The summed E-state index contributed by atoms with van der Waals surface area (Å²) in [6, 6.07) is -1.26. The van der Waals surface area contributed by atoms with E-state index in [1.165, 1.54) is 0 Å². The van der Waals surface area contributed by atoms with Gasteiger partial charge in [-0.2, -0.15) is 13.2 Å². The molecule has 0 rings (SSSR count). The fraction of sp³-hybridized carbons (Fsp3) is 1.00. The molecular weight excluding hydrogens is 159 g/mol. The molecule has 0 amide bonds. The summed E-state index contributed by atoms with van der Waals surface area (Å²) in [6.07, 6.45) is -4.37. The highest BCUT2D eigenvalue weighted by atomic mass is 19.4. The SMILES string of the molecule is CC(C)(C(N)CO)C(F)(F)F. The molecule has 0 radical (unpaired) electrons. The molecule has 5 heteroatoms. The van der Waals surface area contributed by atoms with Crippen LogP contribution in [0, 0.1) is 5.41 Å². The Hall–Kier alpha value is -0.290. The summed E-state index contributed by atoms with van der Waals surface area (Å²) in [4.78, 5) is 0. The first kappa shape index (κ1) is 10.7. The zero-order valence-corrected chi connectivity index (χ0v) is 6.44. The predicted molar refractivity (Wildman–Crippen MR) is 34.9 cm³/mol. The quantitative estimate of drug-likeness (QED) is 0.648. The Bertz CT molecular complexity index is 132. The summed E-state index contributed by atoms with van der Waals surface area (Å²) < 4.78 is 36.2. The van der Waals surface area contributed by atoms with Crippen molar-refractivity contribution in [3.05, 3.63) is 0 Å². The van der Waals surface area contributed by atoms with E-state index in [2.05, 4.69) is 0 Å². The first-order valence-electron chi connectivity index (χ1n) is 3.16. The zero-order valence-electron chi connectivity index (χ0n) is 6.44. The molecule has 0 heterocycles. The van der Waals surface area contributed by atoms with Crippen molar-refractivity contribution in [3.8, 4) is 0 Å². The van der Waals surface area contributed by atoms with Crippen molar-refractivity contribution in [3.63, 3.8) is 0 Å². The van der Waals surface area contributed by atoms with Crippen LogP contribution in [0.15, 0.2) is 0 Å². The van der Waals surface area contributed by atoms with Crippen LogP contribution >= 0.6 is 0 Å². The Morgan fingerprint density at radius 2 is 1.73 bits per heavy atom. The fourth-order valence-electron chi connectivity index (χ4n) is 0.438. The van der Waals surface area contributed by atoms with Crippen molar-refractivity contribution in [2.24, 2.45) is 11.1 Å². The number of hydrogen-bond donors (Lipinski definition) is 2. The number of aliphatic hydroxyl groups excluding tert-OH is 1. The molecule has 0 spiro atoms. The smallest absolute Gasteiger partial charge is 0.395 e. The molecule has 0 aliphatic rings. The molecule has 0 saturated carbocycles. The highest BCUT2D eigenvalue weighted by Crippen LogP contribution is 2.39. The van der Waals surface area contributed by atoms with E-state index in [1.807, 2.05) is 0 Å². The van der Waals surface area contributed by atoms with Crippen molar-refractivity contribution >= 4 is 0 Å². The molecule has 0 fully saturated rings. The summed E-state index contributed by atoms with van der Waals surface area (Å²) in [7, 11) is 0. The van der Waals surface area contributed by atoms with Gasteiger partial charge in [-0.1, -0.05) is 0 Å². The monoisotopic (exact) mass is 171 g/mol. The molecule has 0 aliphatic heterocycles. The molecule has 3 N–H and O–H groups in total. The molecule has 1 unspecified atom stereocenters. The highest BCUT2D eigenvalue weighted by molar-refractivity contribution is 4.87. The van der Waals surface area contributed by atoms with Gasteiger partial charge in [-0.05, 0) is 13.8 Å². The lowest BCUT2D eigenvalue weighted by Crippen LogP contribution is -2.49. The Labute approximate surface area is 63.2 Å². The average molecular weight is 171 g/mol. The summed E-state index contributed by atoms with van der Waals surface area (Å²) >= 11 is 0. The Morgan fingerprint density at radius 1 is 1.36 bits per heavy atom. The summed E-state index contributed by atoms with van der Waals surface area (Å²) in [5.74, 6) is 0. The van der Waals surface area contributed by atoms with Crippen LogP contribution in [-0.2, 0) is 0 Å². The molecule has 1 atom stereocenters. The van der Waals surface area contributed by atoms with Crippen LogP contribution in [0.1, 0.15) is 13.8 Å². The van der Waals surface area contributed by atoms with Gasteiger partial charge in [0, 0.05) is 6.04 Å². The fourth-order valence-corrected chi connectivity index (χ4v) is 0.438. The second-order valence-corrected chi connectivity index (χ2v) is 3.01. The summed E-state index contributed by atoms with van der Waals surface area (Å²) in [6.45, 7) is 1.27. The Balaban J connectivity index is 4.45. The van der Waals surface area contributed by atoms with Crippen molar-refractivity contribution in [2.75, 3.05) is 6.61 Å². The second-order valence-electron chi connectivity index (χ2n) is 3.01. The average Bonchev–Trinajstić information content (AvgIpc) is 1.83. The molecule has 0 saturated heterocycles. The minimum absolute atomic E-state index is 0.660. The normalized spacial score (nSPS) is 16.6. The topological polar surface area (TPSA) is 46.2 Å². The number of rotatable bonds is 2. The molecule has 11 heavy (non-hydrogen) atoms. The van der Waals surface area contributed by atoms with E-state index in [0.29, 0.717) is 0 Å². The van der Waals surface area contributed by atoms with Gasteiger partial charge in [0.05, 0.1) is 12.0 Å². The van der Waals surface area contributed by atoms with Gasteiger partial charge >= 0.3 is 6.18 Å². The van der Waals surface area contributed by atoms with Crippen molar-refractivity contribution in [2.45, 2.75) is 26.1 Å². The first-order chi connectivity index (χ1) is 4.73. The lowest BCUT2D eigenvalue weighted by Gasteiger charge is -2.32. The van der Waals surface area contributed by atoms with Crippen molar-refractivity contribution in [1.82, 2.24) is 0 Å². The van der Waals surface area contributed by atoms with Gasteiger partial charge in [-0.3, -0.25) is 0 Å². The number of nitrogens with two attached hydrogens (primary N) is 1.